The van der Waals surface area contributed by atoms with Crippen molar-refractivity contribution in [2.75, 3.05) is 0 Å². The molecule has 21 heavy (non-hydrogen) atoms. The van der Waals surface area contributed by atoms with Gasteiger partial charge >= 0.3 is 11.7 Å². The highest BCUT2D eigenvalue weighted by Gasteiger charge is 2.40. The van der Waals surface area contributed by atoms with Gasteiger partial charge in [0.25, 0.3) is 5.56 Å². The lowest BCUT2D eigenvalue weighted by Crippen LogP contribution is -2.49. The molecule has 1 fully saturated rings. The van der Waals surface area contributed by atoms with Gasteiger partial charge in [0, 0.05) is 11.7 Å². The lowest BCUT2D eigenvalue weighted by Gasteiger charge is -2.27. The van der Waals surface area contributed by atoms with Crippen molar-refractivity contribution in [2.45, 2.75) is 42.5 Å². The zero-order valence-electron chi connectivity index (χ0n) is 11.0. The van der Waals surface area contributed by atoms with Crippen LogP contribution in [0.5, 0.6) is 0 Å². The molecule has 1 heterocycles. The molecule has 1 aromatic rings. The van der Waals surface area contributed by atoms with E-state index in [0.29, 0.717) is 25.7 Å². The first kappa shape index (κ1) is 15.4. The van der Waals surface area contributed by atoms with Crippen molar-refractivity contribution in [3.05, 3.63) is 27.0 Å². The maximum Gasteiger partial charge on any atom is 0.325 e. The Bertz CT molecular complexity index is 757. The highest BCUT2D eigenvalue weighted by atomic mass is 32.2. The minimum Gasteiger partial charge on any atom is -0.481 e. The predicted octanol–water partition coefficient (Wildman–Crippen LogP) is -0.871. The maximum absolute atomic E-state index is 12.3. The molecule has 0 bridgehead atoms. The first-order valence-corrected chi connectivity index (χ1v) is 7.80. The van der Waals surface area contributed by atoms with E-state index in [9.17, 15) is 22.8 Å². The van der Waals surface area contributed by atoms with Crippen LogP contribution in [-0.2, 0) is 14.8 Å². The summed E-state index contributed by atoms with van der Waals surface area (Å²) in [5.74, 6) is -1.12. The molecule has 10 heteroatoms. The molecular weight excluding hydrogens is 302 g/mol. The number of nitrogens with one attached hydrogen (secondary N) is 3. The van der Waals surface area contributed by atoms with Crippen molar-refractivity contribution >= 4 is 16.0 Å². The summed E-state index contributed by atoms with van der Waals surface area (Å²) in [5.41, 5.74) is -2.96. The number of hydrogen-bond acceptors (Lipinski definition) is 5. The zero-order valence-corrected chi connectivity index (χ0v) is 11.8. The molecule has 1 saturated carbocycles. The number of aromatic amines is 2. The molecule has 0 aliphatic heterocycles. The van der Waals surface area contributed by atoms with Crippen LogP contribution in [0.15, 0.2) is 20.7 Å². The Kier molecular flexibility index (Phi) is 4.01. The molecule has 0 aromatic carbocycles. The molecule has 1 aromatic heterocycles. The fourth-order valence-corrected chi connectivity index (χ4v) is 4.06. The van der Waals surface area contributed by atoms with Gasteiger partial charge in [0.15, 0.2) is 4.90 Å². The Labute approximate surface area is 119 Å². The standard InChI is InChI=1S/C11H15N3O6S/c15-8(16)5-11(3-1-2-4-11)14-21(19,20)7-6-12-10(18)13-9(7)17/h6,14H,1-5H2,(H,15,16)(H2,12,13,17,18). The van der Waals surface area contributed by atoms with Gasteiger partial charge < -0.3 is 10.1 Å². The van der Waals surface area contributed by atoms with Gasteiger partial charge in [-0.25, -0.2) is 17.9 Å². The second kappa shape index (κ2) is 5.45. The average molecular weight is 317 g/mol. The van der Waals surface area contributed by atoms with Gasteiger partial charge in [0.05, 0.1) is 6.42 Å². The largest absolute Gasteiger partial charge is 0.481 e. The first-order chi connectivity index (χ1) is 9.74. The van der Waals surface area contributed by atoms with Crippen LogP contribution >= 0.6 is 0 Å². The third kappa shape index (κ3) is 3.39. The van der Waals surface area contributed by atoms with Gasteiger partial charge in [-0.3, -0.25) is 14.6 Å². The average Bonchev–Trinajstić information content (AvgIpc) is 2.74. The lowest BCUT2D eigenvalue weighted by molar-refractivity contribution is -0.138. The minimum atomic E-state index is -4.22. The van der Waals surface area contributed by atoms with Crippen molar-refractivity contribution in [3.63, 3.8) is 0 Å². The van der Waals surface area contributed by atoms with Crippen molar-refractivity contribution in [2.24, 2.45) is 0 Å². The van der Waals surface area contributed by atoms with Crippen LogP contribution in [0.1, 0.15) is 32.1 Å². The summed E-state index contributed by atoms with van der Waals surface area (Å²) in [7, 11) is -4.22. The number of aromatic nitrogens is 2. The van der Waals surface area contributed by atoms with Crippen molar-refractivity contribution in [3.8, 4) is 0 Å². The molecule has 0 amide bonds. The third-order valence-electron chi connectivity index (χ3n) is 3.48. The van der Waals surface area contributed by atoms with E-state index in [0.717, 1.165) is 6.20 Å². The molecule has 1 aliphatic rings. The molecule has 0 radical (unpaired) electrons. The second-order valence-corrected chi connectivity index (χ2v) is 6.75. The van der Waals surface area contributed by atoms with Crippen LogP contribution in [-0.4, -0.2) is 35.0 Å². The summed E-state index contributed by atoms with van der Waals surface area (Å²) in [4.78, 5) is 36.7. The Morgan fingerprint density at radius 1 is 1.33 bits per heavy atom. The van der Waals surface area contributed by atoms with Gasteiger partial charge in [0.1, 0.15) is 0 Å². The topological polar surface area (TPSA) is 149 Å². The molecule has 2 rings (SSSR count). The monoisotopic (exact) mass is 317 g/mol. The summed E-state index contributed by atoms with van der Waals surface area (Å²) < 4.78 is 26.8. The van der Waals surface area contributed by atoms with E-state index in [4.69, 9.17) is 5.11 Å². The molecule has 1 aliphatic carbocycles. The highest BCUT2D eigenvalue weighted by Crippen LogP contribution is 2.33. The smallest absolute Gasteiger partial charge is 0.325 e. The van der Waals surface area contributed by atoms with Crippen LogP contribution in [0.3, 0.4) is 0 Å². The van der Waals surface area contributed by atoms with Crippen LogP contribution in [0.4, 0.5) is 0 Å². The van der Waals surface area contributed by atoms with Crippen molar-refractivity contribution < 1.29 is 18.3 Å². The maximum atomic E-state index is 12.3. The molecule has 4 N–H and O–H groups in total. The summed E-state index contributed by atoms with van der Waals surface area (Å²) in [6.07, 6.45) is 2.63. The Hall–Kier alpha value is -1.94. The molecule has 0 saturated heterocycles. The van der Waals surface area contributed by atoms with Crippen molar-refractivity contribution in [1.29, 1.82) is 0 Å². The normalized spacial score (nSPS) is 17.7. The number of carboxylic acid groups (broad SMARTS) is 1. The van der Waals surface area contributed by atoms with E-state index in [1.54, 1.807) is 0 Å². The zero-order chi connectivity index (χ0) is 15.7. The molecule has 9 nitrogen and oxygen atoms in total. The van der Waals surface area contributed by atoms with Crippen LogP contribution < -0.4 is 16.0 Å². The number of carboxylic acids is 1. The van der Waals surface area contributed by atoms with Crippen LogP contribution in [0.25, 0.3) is 0 Å². The number of carbonyl (C=O) groups is 1. The molecule has 0 unspecified atom stereocenters. The number of sulfonamides is 1. The van der Waals surface area contributed by atoms with E-state index >= 15 is 0 Å². The second-order valence-electron chi connectivity index (χ2n) is 5.10. The van der Waals surface area contributed by atoms with Crippen LogP contribution in [0.2, 0.25) is 0 Å². The lowest BCUT2D eigenvalue weighted by atomic mass is 9.95. The molecule has 0 atom stereocenters. The highest BCUT2D eigenvalue weighted by molar-refractivity contribution is 7.89. The first-order valence-electron chi connectivity index (χ1n) is 6.32. The fraction of sp³-hybridized carbons (Fsp3) is 0.545. The van der Waals surface area contributed by atoms with Crippen LogP contribution in [0, 0.1) is 0 Å². The van der Waals surface area contributed by atoms with Crippen molar-refractivity contribution in [1.82, 2.24) is 14.7 Å². The summed E-state index contributed by atoms with van der Waals surface area (Å²) in [6, 6.07) is 0. The fourth-order valence-electron chi connectivity index (χ4n) is 2.59. The number of aliphatic carboxylic acids is 1. The summed E-state index contributed by atoms with van der Waals surface area (Å²) in [5, 5.41) is 8.95. The van der Waals surface area contributed by atoms with Gasteiger partial charge in [-0.15, -0.1) is 0 Å². The van der Waals surface area contributed by atoms with Gasteiger partial charge in [0.2, 0.25) is 10.0 Å². The van der Waals surface area contributed by atoms with Gasteiger partial charge in [-0.1, -0.05) is 12.8 Å². The number of rotatable bonds is 5. The number of hydrogen-bond donors (Lipinski definition) is 4. The van der Waals surface area contributed by atoms with E-state index in [2.05, 4.69) is 9.71 Å². The Morgan fingerprint density at radius 3 is 2.48 bits per heavy atom. The van der Waals surface area contributed by atoms with Gasteiger partial charge in [-0.2, -0.15) is 0 Å². The van der Waals surface area contributed by atoms with E-state index < -0.39 is 37.7 Å². The van der Waals surface area contributed by atoms with Gasteiger partial charge in [-0.05, 0) is 12.8 Å². The third-order valence-corrected chi connectivity index (χ3v) is 5.06. The predicted molar refractivity (Wildman–Crippen MR) is 71.5 cm³/mol. The molecule has 116 valence electrons. The SMILES string of the molecule is O=C(O)CC1(NS(=O)(=O)c2c[nH]c(=O)[nH]c2=O)CCCC1. The number of H-pyrrole nitrogens is 2. The van der Waals surface area contributed by atoms with E-state index in [1.165, 1.54) is 0 Å². The van der Waals surface area contributed by atoms with E-state index in [-0.39, 0.29) is 6.42 Å². The molecule has 0 spiro atoms. The minimum absolute atomic E-state index is 0.354. The Balaban J connectivity index is 2.37. The quantitative estimate of drug-likeness (QED) is 0.554. The molecular formula is C11H15N3O6S. The van der Waals surface area contributed by atoms with E-state index in [1.807, 2.05) is 4.98 Å². The summed E-state index contributed by atoms with van der Waals surface area (Å²) >= 11 is 0. The summed E-state index contributed by atoms with van der Waals surface area (Å²) in [6.45, 7) is 0. The Morgan fingerprint density at radius 2 is 1.95 bits per heavy atom.